The fourth-order valence-electron chi connectivity index (χ4n) is 4.26. The average Bonchev–Trinajstić information content (AvgIpc) is 2.78. The Morgan fingerprint density at radius 2 is 1.76 bits per heavy atom. The van der Waals surface area contributed by atoms with E-state index >= 15 is 0 Å². The van der Waals surface area contributed by atoms with Crippen LogP contribution < -0.4 is 14.5 Å². The summed E-state index contributed by atoms with van der Waals surface area (Å²) in [5.74, 6) is -0.824. The van der Waals surface area contributed by atoms with Crippen molar-refractivity contribution in [3.05, 3.63) is 77.5 Å². The summed E-state index contributed by atoms with van der Waals surface area (Å²) in [7, 11) is -3.87. The van der Waals surface area contributed by atoms with Gasteiger partial charge in [-0.05, 0) is 62.2 Å². The third kappa shape index (κ3) is 4.99. The molecule has 2 aromatic carbocycles. The van der Waals surface area contributed by atoms with Gasteiger partial charge in [-0.2, -0.15) is 0 Å². The highest BCUT2D eigenvalue weighted by Crippen LogP contribution is 2.28. The van der Waals surface area contributed by atoms with Crippen LogP contribution in [0.5, 0.6) is 0 Å². The molecule has 4 rings (SSSR count). The van der Waals surface area contributed by atoms with E-state index in [1.807, 2.05) is 11.0 Å². The molecule has 8 nitrogen and oxygen atoms in total. The van der Waals surface area contributed by atoms with Crippen molar-refractivity contribution in [1.29, 1.82) is 0 Å². The van der Waals surface area contributed by atoms with Gasteiger partial charge in [0.05, 0.1) is 16.8 Å². The first-order valence-electron chi connectivity index (χ1n) is 11.0. The van der Waals surface area contributed by atoms with Crippen LogP contribution in [0.2, 0.25) is 0 Å². The number of hydrogen-bond acceptors (Lipinski definition) is 6. The fraction of sp³-hybridized carbons (Fsp3) is 0.280. The highest BCUT2D eigenvalue weighted by molar-refractivity contribution is 7.92. The number of aromatic nitrogens is 1. The molecule has 0 saturated carbocycles. The molecule has 0 amide bonds. The number of carboxylic acids is 1. The maximum Gasteiger partial charge on any atom is 0.339 e. The molecule has 1 aliphatic heterocycles. The first kappa shape index (κ1) is 23.6. The van der Waals surface area contributed by atoms with Crippen molar-refractivity contribution < 1.29 is 18.3 Å². The number of carbonyl (C=O) groups is 1. The predicted molar refractivity (Wildman–Crippen MR) is 133 cm³/mol. The number of aryl methyl sites for hydroxylation is 2. The lowest BCUT2D eigenvalue weighted by atomic mass is 10.1. The molecular formula is C25H28N4O4S. The molecule has 2 heterocycles. The second-order valence-corrected chi connectivity index (χ2v) is 10.3. The van der Waals surface area contributed by atoms with E-state index in [0.29, 0.717) is 25.5 Å². The summed E-state index contributed by atoms with van der Waals surface area (Å²) in [5, 5.41) is 9.84. The molecule has 3 aromatic rings. The Morgan fingerprint density at radius 1 is 1.06 bits per heavy atom. The molecule has 1 saturated heterocycles. The van der Waals surface area contributed by atoms with Gasteiger partial charge in [-0.25, -0.2) is 18.2 Å². The first-order chi connectivity index (χ1) is 16.1. The second kappa shape index (κ2) is 9.34. The number of nitrogens with zero attached hydrogens (tertiary/aromatic N) is 3. The van der Waals surface area contributed by atoms with Crippen LogP contribution in [0.25, 0.3) is 0 Å². The normalized spacial score (nSPS) is 16.4. The Labute approximate surface area is 199 Å². The van der Waals surface area contributed by atoms with Crippen molar-refractivity contribution in [2.75, 3.05) is 34.2 Å². The van der Waals surface area contributed by atoms with E-state index in [2.05, 4.69) is 46.7 Å². The van der Waals surface area contributed by atoms with Gasteiger partial charge in [0, 0.05) is 31.4 Å². The summed E-state index contributed by atoms with van der Waals surface area (Å²) < 4.78 is 28.0. The Hall–Kier alpha value is -3.59. The number of pyridine rings is 1. The number of anilines is 3. The van der Waals surface area contributed by atoms with Gasteiger partial charge in [0.15, 0.2) is 0 Å². The minimum atomic E-state index is -3.87. The SMILES string of the molecule is Cc1cccc(N2CCN(c3ncc(NS(=O)(=O)c4cccc(C)c4)cc3C(=O)O)CC2C)c1. The van der Waals surface area contributed by atoms with E-state index in [-0.39, 0.29) is 22.2 Å². The van der Waals surface area contributed by atoms with E-state index < -0.39 is 16.0 Å². The number of nitrogens with one attached hydrogen (secondary N) is 1. The van der Waals surface area contributed by atoms with Crippen LogP contribution in [0, 0.1) is 13.8 Å². The third-order valence-electron chi connectivity index (χ3n) is 5.91. The number of piperazine rings is 1. The number of benzene rings is 2. The number of carboxylic acid groups (broad SMARTS) is 1. The minimum absolute atomic E-state index is 0.0411. The van der Waals surface area contributed by atoms with Crippen LogP contribution in [0.4, 0.5) is 17.2 Å². The van der Waals surface area contributed by atoms with Gasteiger partial charge in [0.25, 0.3) is 10.0 Å². The van der Waals surface area contributed by atoms with Crippen LogP contribution in [0.1, 0.15) is 28.4 Å². The van der Waals surface area contributed by atoms with Crippen LogP contribution >= 0.6 is 0 Å². The molecule has 1 atom stereocenters. The maximum absolute atomic E-state index is 12.8. The van der Waals surface area contributed by atoms with Crippen LogP contribution in [0.3, 0.4) is 0 Å². The van der Waals surface area contributed by atoms with Gasteiger partial charge in [-0.15, -0.1) is 0 Å². The number of hydrogen-bond donors (Lipinski definition) is 2. The molecule has 1 aromatic heterocycles. The fourth-order valence-corrected chi connectivity index (χ4v) is 5.40. The zero-order valence-electron chi connectivity index (χ0n) is 19.4. The molecule has 0 spiro atoms. The van der Waals surface area contributed by atoms with E-state index in [1.165, 1.54) is 23.9 Å². The van der Waals surface area contributed by atoms with Gasteiger partial charge in [-0.1, -0.05) is 24.3 Å². The van der Waals surface area contributed by atoms with Crippen molar-refractivity contribution in [1.82, 2.24) is 4.98 Å². The molecular weight excluding hydrogens is 452 g/mol. The lowest BCUT2D eigenvalue weighted by molar-refractivity contribution is 0.0697. The van der Waals surface area contributed by atoms with Gasteiger partial charge in [0.2, 0.25) is 0 Å². The average molecular weight is 481 g/mol. The molecule has 178 valence electrons. The summed E-state index contributed by atoms with van der Waals surface area (Å²) in [4.78, 5) is 20.8. The van der Waals surface area contributed by atoms with Gasteiger partial charge >= 0.3 is 5.97 Å². The van der Waals surface area contributed by atoms with Crippen molar-refractivity contribution >= 4 is 33.2 Å². The van der Waals surface area contributed by atoms with Crippen LogP contribution in [-0.4, -0.2) is 50.2 Å². The summed E-state index contributed by atoms with van der Waals surface area (Å²) >= 11 is 0. The highest BCUT2D eigenvalue weighted by atomic mass is 32.2. The minimum Gasteiger partial charge on any atom is -0.478 e. The van der Waals surface area contributed by atoms with Crippen LogP contribution in [0.15, 0.2) is 65.7 Å². The zero-order valence-corrected chi connectivity index (χ0v) is 20.2. The topological polar surface area (TPSA) is 103 Å². The molecule has 2 N–H and O–H groups in total. The second-order valence-electron chi connectivity index (χ2n) is 8.65. The van der Waals surface area contributed by atoms with E-state index in [4.69, 9.17) is 0 Å². The van der Waals surface area contributed by atoms with E-state index in [9.17, 15) is 18.3 Å². The number of sulfonamides is 1. The summed E-state index contributed by atoms with van der Waals surface area (Å²) in [6.45, 7) is 7.86. The molecule has 0 radical (unpaired) electrons. The Morgan fingerprint density at radius 3 is 2.41 bits per heavy atom. The summed E-state index contributed by atoms with van der Waals surface area (Å²) in [6, 6.07) is 16.3. The van der Waals surface area contributed by atoms with Gasteiger partial charge < -0.3 is 14.9 Å². The summed E-state index contributed by atoms with van der Waals surface area (Å²) in [6.07, 6.45) is 1.37. The molecule has 1 fully saturated rings. The Kier molecular flexibility index (Phi) is 6.47. The lowest BCUT2D eigenvalue weighted by Crippen LogP contribution is -2.52. The highest BCUT2D eigenvalue weighted by Gasteiger charge is 2.28. The number of rotatable bonds is 6. The summed E-state index contributed by atoms with van der Waals surface area (Å²) in [5.41, 5.74) is 3.20. The van der Waals surface area contributed by atoms with Crippen LogP contribution in [-0.2, 0) is 10.0 Å². The quantitative estimate of drug-likeness (QED) is 0.551. The van der Waals surface area contributed by atoms with E-state index in [1.54, 1.807) is 25.1 Å². The molecule has 34 heavy (non-hydrogen) atoms. The van der Waals surface area contributed by atoms with Crippen molar-refractivity contribution in [2.45, 2.75) is 31.7 Å². The smallest absolute Gasteiger partial charge is 0.339 e. The van der Waals surface area contributed by atoms with Crippen molar-refractivity contribution in [3.8, 4) is 0 Å². The van der Waals surface area contributed by atoms with Crippen molar-refractivity contribution in [3.63, 3.8) is 0 Å². The standard InChI is InChI=1S/C25H28N4O4S/c1-17-6-4-8-21(12-17)29-11-10-28(16-19(29)3)24-23(25(30)31)14-20(15-26-24)27-34(32,33)22-9-5-7-18(2)13-22/h4-9,12-15,19,27H,10-11,16H2,1-3H3,(H,30,31). The Bertz CT molecular complexity index is 1330. The molecule has 0 bridgehead atoms. The van der Waals surface area contributed by atoms with Gasteiger partial charge in [0.1, 0.15) is 11.4 Å². The third-order valence-corrected chi connectivity index (χ3v) is 7.29. The monoisotopic (exact) mass is 480 g/mol. The lowest BCUT2D eigenvalue weighted by Gasteiger charge is -2.42. The number of aromatic carboxylic acids is 1. The zero-order chi connectivity index (χ0) is 24.5. The Balaban J connectivity index is 1.56. The largest absolute Gasteiger partial charge is 0.478 e. The molecule has 1 unspecified atom stereocenters. The maximum atomic E-state index is 12.8. The first-order valence-corrected chi connectivity index (χ1v) is 12.5. The molecule has 0 aliphatic carbocycles. The predicted octanol–water partition coefficient (Wildman–Crippen LogP) is 3.91. The molecule has 9 heteroatoms. The molecule has 1 aliphatic rings. The van der Waals surface area contributed by atoms with E-state index in [0.717, 1.165) is 11.3 Å². The van der Waals surface area contributed by atoms with Crippen molar-refractivity contribution in [2.24, 2.45) is 0 Å². The van der Waals surface area contributed by atoms with Gasteiger partial charge in [-0.3, -0.25) is 4.72 Å².